The quantitative estimate of drug-likeness (QED) is 0.643. The summed E-state index contributed by atoms with van der Waals surface area (Å²) in [5, 5.41) is 3.50. The Morgan fingerprint density at radius 1 is 1.50 bits per heavy atom. The highest BCUT2D eigenvalue weighted by molar-refractivity contribution is 4.91. The van der Waals surface area contributed by atoms with Gasteiger partial charge in [0.25, 0.3) is 0 Å². The van der Waals surface area contributed by atoms with Crippen LogP contribution >= 0.6 is 0 Å². The Hall–Kier alpha value is -0.700. The maximum Gasteiger partial charge on any atom is 0.0891 e. The Morgan fingerprint density at radius 3 is 3.00 bits per heavy atom. The van der Waals surface area contributed by atoms with Crippen LogP contribution in [-0.2, 0) is 0 Å². The van der Waals surface area contributed by atoms with Gasteiger partial charge < -0.3 is 15.1 Å². The molecule has 2 heterocycles. The van der Waals surface area contributed by atoms with Crippen LogP contribution in [0.5, 0.6) is 0 Å². The second kappa shape index (κ2) is 3.35. The highest BCUT2D eigenvalue weighted by Crippen LogP contribution is 2.10. The molecule has 1 unspecified atom stereocenters. The van der Waals surface area contributed by atoms with Gasteiger partial charge in [-0.2, -0.15) is 0 Å². The first kappa shape index (κ1) is 7.92. The molecule has 0 aromatic heterocycles. The van der Waals surface area contributed by atoms with Crippen LogP contribution in [0.1, 0.15) is 12.8 Å². The number of rotatable bonds is 2. The summed E-state index contributed by atoms with van der Waals surface area (Å²) in [6, 6.07) is 0.723. The molecule has 1 N–H and O–H groups in total. The Balaban J connectivity index is 1.76. The van der Waals surface area contributed by atoms with Gasteiger partial charge in [-0.05, 0) is 19.4 Å². The van der Waals surface area contributed by atoms with E-state index < -0.39 is 0 Å². The molecule has 2 rings (SSSR count). The third-order valence-corrected chi connectivity index (χ3v) is 2.55. The van der Waals surface area contributed by atoms with Crippen molar-refractivity contribution in [2.24, 2.45) is 0 Å². The Morgan fingerprint density at radius 2 is 2.42 bits per heavy atom. The zero-order valence-electron chi connectivity index (χ0n) is 7.66. The molecule has 0 aromatic rings. The molecule has 1 saturated heterocycles. The minimum absolute atomic E-state index is 0.723. The molecule has 68 valence electrons. The molecule has 0 aliphatic carbocycles. The van der Waals surface area contributed by atoms with E-state index >= 15 is 0 Å². The van der Waals surface area contributed by atoms with E-state index in [1.165, 1.54) is 25.9 Å². The zero-order chi connectivity index (χ0) is 8.39. The maximum atomic E-state index is 3.50. The standard InChI is InChI=1S/C9H17N3/c1-11-5-6-12(8-11)7-9-3-2-4-10-9/h5-6,9-10H,2-4,7-8H2,1H3. The third-order valence-electron chi connectivity index (χ3n) is 2.55. The first-order valence-corrected chi connectivity index (χ1v) is 4.70. The molecule has 1 fully saturated rings. The van der Waals surface area contributed by atoms with E-state index in [2.05, 4.69) is 34.6 Å². The fourth-order valence-corrected chi connectivity index (χ4v) is 1.90. The monoisotopic (exact) mass is 167 g/mol. The average Bonchev–Trinajstić information content (AvgIpc) is 2.63. The predicted octanol–water partition coefficient (Wildman–Crippen LogP) is 0.414. The SMILES string of the molecule is CN1C=CN(CC2CCCN2)C1. The summed E-state index contributed by atoms with van der Waals surface area (Å²) in [5.41, 5.74) is 0. The van der Waals surface area contributed by atoms with Crippen LogP contribution in [0.15, 0.2) is 12.4 Å². The van der Waals surface area contributed by atoms with Crippen molar-refractivity contribution in [2.45, 2.75) is 18.9 Å². The molecule has 0 spiro atoms. The number of hydrogen-bond acceptors (Lipinski definition) is 3. The Kier molecular flexibility index (Phi) is 2.21. The van der Waals surface area contributed by atoms with Gasteiger partial charge in [-0.3, -0.25) is 0 Å². The van der Waals surface area contributed by atoms with Crippen LogP contribution in [0, 0.1) is 0 Å². The van der Waals surface area contributed by atoms with Gasteiger partial charge in [0.2, 0.25) is 0 Å². The fraction of sp³-hybridized carbons (Fsp3) is 0.778. The van der Waals surface area contributed by atoms with Gasteiger partial charge in [0.05, 0.1) is 6.67 Å². The summed E-state index contributed by atoms with van der Waals surface area (Å²) in [6.07, 6.45) is 7.00. The van der Waals surface area contributed by atoms with E-state index in [-0.39, 0.29) is 0 Å². The second-order valence-corrected chi connectivity index (χ2v) is 3.76. The number of nitrogens with zero attached hydrogens (tertiary/aromatic N) is 2. The van der Waals surface area contributed by atoms with Crippen LogP contribution < -0.4 is 5.32 Å². The molecule has 0 amide bonds. The lowest BCUT2D eigenvalue weighted by Crippen LogP contribution is -2.35. The summed E-state index contributed by atoms with van der Waals surface area (Å²) in [7, 11) is 2.11. The maximum absolute atomic E-state index is 3.50. The van der Waals surface area contributed by atoms with Crippen molar-refractivity contribution in [2.75, 3.05) is 26.8 Å². The lowest BCUT2D eigenvalue weighted by molar-refractivity contribution is 0.275. The molecule has 0 saturated carbocycles. The van der Waals surface area contributed by atoms with Crippen LogP contribution in [0.25, 0.3) is 0 Å². The van der Waals surface area contributed by atoms with Crippen molar-refractivity contribution >= 4 is 0 Å². The van der Waals surface area contributed by atoms with Crippen LogP contribution in [0.3, 0.4) is 0 Å². The first-order valence-electron chi connectivity index (χ1n) is 4.70. The highest BCUT2D eigenvalue weighted by Gasteiger charge is 2.18. The average molecular weight is 167 g/mol. The molecule has 12 heavy (non-hydrogen) atoms. The van der Waals surface area contributed by atoms with E-state index in [0.717, 1.165) is 12.7 Å². The smallest absolute Gasteiger partial charge is 0.0891 e. The topological polar surface area (TPSA) is 18.5 Å². The minimum atomic E-state index is 0.723. The summed E-state index contributed by atoms with van der Waals surface area (Å²) in [6.45, 7) is 3.43. The normalized spacial score (nSPS) is 28.9. The molecule has 0 radical (unpaired) electrons. The van der Waals surface area contributed by atoms with E-state index in [9.17, 15) is 0 Å². The van der Waals surface area contributed by atoms with Crippen molar-refractivity contribution in [3.05, 3.63) is 12.4 Å². The fourth-order valence-electron chi connectivity index (χ4n) is 1.90. The van der Waals surface area contributed by atoms with Crippen LogP contribution in [0.2, 0.25) is 0 Å². The van der Waals surface area contributed by atoms with Gasteiger partial charge in [0.1, 0.15) is 0 Å². The predicted molar refractivity (Wildman–Crippen MR) is 49.5 cm³/mol. The second-order valence-electron chi connectivity index (χ2n) is 3.76. The minimum Gasteiger partial charge on any atom is -0.362 e. The Bertz CT molecular complexity index is 173. The van der Waals surface area contributed by atoms with Crippen molar-refractivity contribution in [3.8, 4) is 0 Å². The van der Waals surface area contributed by atoms with Crippen molar-refractivity contribution in [1.29, 1.82) is 0 Å². The summed E-state index contributed by atoms with van der Waals surface area (Å²) >= 11 is 0. The van der Waals surface area contributed by atoms with Gasteiger partial charge in [-0.15, -0.1) is 0 Å². The van der Waals surface area contributed by atoms with Gasteiger partial charge >= 0.3 is 0 Å². The summed E-state index contributed by atoms with van der Waals surface area (Å²) in [5.74, 6) is 0. The lowest BCUT2D eigenvalue weighted by Gasteiger charge is -2.21. The van der Waals surface area contributed by atoms with Crippen molar-refractivity contribution < 1.29 is 0 Å². The molecular weight excluding hydrogens is 150 g/mol. The van der Waals surface area contributed by atoms with Gasteiger partial charge in [-0.1, -0.05) is 0 Å². The molecular formula is C9H17N3. The van der Waals surface area contributed by atoms with Gasteiger partial charge in [0, 0.05) is 32.0 Å². The number of hydrogen-bond donors (Lipinski definition) is 1. The molecule has 2 aliphatic heterocycles. The van der Waals surface area contributed by atoms with Crippen molar-refractivity contribution in [1.82, 2.24) is 15.1 Å². The van der Waals surface area contributed by atoms with E-state index in [1.807, 2.05) is 0 Å². The van der Waals surface area contributed by atoms with Crippen LogP contribution in [-0.4, -0.2) is 42.6 Å². The van der Waals surface area contributed by atoms with Crippen molar-refractivity contribution in [3.63, 3.8) is 0 Å². The molecule has 3 heteroatoms. The van der Waals surface area contributed by atoms with Gasteiger partial charge in [0.15, 0.2) is 0 Å². The summed E-state index contributed by atoms with van der Waals surface area (Å²) in [4.78, 5) is 4.57. The molecule has 2 aliphatic rings. The highest BCUT2D eigenvalue weighted by atomic mass is 15.3. The molecule has 0 aromatic carbocycles. The zero-order valence-corrected chi connectivity index (χ0v) is 7.66. The third kappa shape index (κ3) is 1.72. The Labute approximate surface area is 74.0 Å². The summed E-state index contributed by atoms with van der Waals surface area (Å²) < 4.78 is 0. The van der Waals surface area contributed by atoms with E-state index in [1.54, 1.807) is 0 Å². The molecule has 1 atom stereocenters. The van der Waals surface area contributed by atoms with E-state index in [4.69, 9.17) is 0 Å². The number of nitrogens with one attached hydrogen (secondary N) is 1. The lowest BCUT2D eigenvalue weighted by atomic mass is 10.2. The van der Waals surface area contributed by atoms with Crippen LogP contribution in [0.4, 0.5) is 0 Å². The van der Waals surface area contributed by atoms with E-state index in [0.29, 0.717) is 0 Å². The first-order chi connectivity index (χ1) is 5.84. The largest absolute Gasteiger partial charge is 0.362 e. The molecule has 0 bridgehead atoms. The van der Waals surface area contributed by atoms with Gasteiger partial charge in [-0.25, -0.2) is 0 Å². The molecule has 3 nitrogen and oxygen atoms in total.